The van der Waals surface area contributed by atoms with Crippen LogP contribution in [0.4, 0.5) is 17.1 Å². The van der Waals surface area contributed by atoms with E-state index in [1.54, 1.807) is 41.3 Å². The van der Waals surface area contributed by atoms with Crippen LogP contribution >= 0.6 is 0 Å². The Kier molecular flexibility index (Phi) is 5.57. The number of amides is 2. The van der Waals surface area contributed by atoms with Crippen molar-refractivity contribution in [3.8, 4) is 0 Å². The molecule has 7 nitrogen and oxygen atoms in total. The molecule has 154 valence electrons. The van der Waals surface area contributed by atoms with Crippen LogP contribution < -0.4 is 10.2 Å². The van der Waals surface area contributed by atoms with Gasteiger partial charge in [0.05, 0.1) is 4.92 Å². The van der Waals surface area contributed by atoms with Crippen LogP contribution in [-0.4, -0.2) is 23.3 Å². The van der Waals surface area contributed by atoms with E-state index < -0.39 is 4.92 Å². The Bertz CT molecular complexity index is 1190. The molecule has 1 N–H and O–H groups in total. The molecule has 0 saturated heterocycles. The Morgan fingerprint density at radius 1 is 1.00 bits per heavy atom. The van der Waals surface area contributed by atoms with Crippen LogP contribution in [0.2, 0.25) is 0 Å². The van der Waals surface area contributed by atoms with E-state index in [0.29, 0.717) is 23.4 Å². The summed E-state index contributed by atoms with van der Waals surface area (Å²) in [6.45, 7) is 0.652. The number of hydrogen-bond acceptors (Lipinski definition) is 4. The predicted molar refractivity (Wildman–Crippen MR) is 119 cm³/mol. The summed E-state index contributed by atoms with van der Waals surface area (Å²) in [6, 6.07) is 20.6. The van der Waals surface area contributed by atoms with Crippen molar-refractivity contribution in [1.82, 2.24) is 0 Å². The van der Waals surface area contributed by atoms with Gasteiger partial charge in [0.25, 0.3) is 11.6 Å². The van der Waals surface area contributed by atoms with Crippen molar-refractivity contribution in [2.75, 3.05) is 16.8 Å². The van der Waals surface area contributed by atoms with Crippen molar-refractivity contribution in [1.29, 1.82) is 0 Å². The highest BCUT2D eigenvalue weighted by Gasteiger charge is 2.24. The minimum absolute atomic E-state index is 0.0385. The van der Waals surface area contributed by atoms with Gasteiger partial charge in [-0.25, -0.2) is 0 Å². The monoisotopic (exact) mass is 413 g/mol. The summed E-state index contributed by atoms with van der Waals surface area (Å²) >= 11 is 0. The molecule has 3 aromatic rings. The maximum absolute atomic E-state index is 12.9. The number of benzene rings is 3. The lowest BCUT2D eigenvalue weighted by Crippen LogP contribution is -2.28. The Hall–Kier alpha value is -4.26. The summed E-state index contributed by atoms with van der Waals surface area (Å²) in [5.41, 5.74) is 3.71. The Morgan fingerprint density at radius 3 is 2.55 bits per heavy atom. The van der Waals surface area contributed by atoms with Crippen molar-refractivity contribution in [3.63, 3.8) is 0 Å². The summed E-state index contributed by atoms with van der Waals surface area (Å²) in [6.07, 6.45) is 3.65. The van der Waals surface area contributed by atoms with E-state index in [2.05, 4.69) is 5.32 Å². The van der Waals surface area contributed by atoms with Gasteiger partial charge in [0.2, 0.25) is 5.91 Å². The second-order valence-corrected chi connectivity index (χ2v) is 7.09. The van der Waals surface area contributed by atoms with Crippen molar-refractivity contribution >= 4 is 35.0 Å². The molecular formula is C24H19N3O4. The zero-order valence-corrected chi connectivity index (χ0v) is 16.5. The average Bonchev–Trinajstić information content (AvgIpc) is 3.22. The lowest BCUT2D eigenvalue weighted by atomic mass is 10.1. The Labute approximate surface area is 178 Å². The summed E-state index contributed by atoms with van der Waals surface area (Å²) in [7, 11) is 0. The van der Waals surface area contributed by atoms with E-state index in [-0.39, 0.29) is 17.5 Å². The molecule has 7 heteroatoms. The van der Waals surface area contributed by atoms with Gasteiger partial charge in [-0.3, -0.25) is 19.7 Å². The first kappa shape index (κ1) is 20.0. The quantitative estimate of drug-likeness (QED) is 0.380. The maximum atomic E-state index is 12.9. The molecular weight excluding hydrogens is 394 g/mol. The van der Waals surface area contributed by atoms with Gasteiger partial charge in [0, 0.05) is 41.7 Å². The summed E-state index contributed by atoms with van der Waals surface area (Å²) in [5, 5.41) is 13.5. The fraction of sp³-hybridized carbons (Fsp3) is 0.0833. The van der Waals surface area contributed by atoms with E-state index in [4.69, 9.17) is 0 Å². The molecule has 0 unspecified atom stereocenters. The summed E-state index contributed by atoms with van der Waals surface area (Å²) in [5.74, 6) is -0.451. The second kappa shape index (κ2) is 8.62. The van der Waals surface area contributed by atoms with Gasteiger partial charge in [-0.1, -0.05) is 30.3 Å². The number of nitrogens with zero attached hydrogens (tertiary/aromatic N) is 2. The minimum atomic E-state index is -0.485. The Morgan fingerprint density at radius 2 is 1.77 bits per heavy atom. The SMILES string of the molecule is O=C(/C=C/c1cccc([N+](=O)[O-])c1)Nc1ccc(C(=O)N2CCc3ccccc32)cc1. The highest BCUT2D eigenvalue weighted by Crippen LogP contribution is 2.29. The lowest BCUT2D eigenvalue weighted by Gasteiger charge is -2.17. The van der Waals surface area contributed by atoms with Crippen LogP contribution in [0, 0.1) is 10.1 Å². The molecule has 0 aromatic heterocycles. The average molecular weight is 413 g/mol. The molecule has 31 heavy (non-hydrogen) atoms. The van der Waals surface area contributed by atoms with Crippen molar-refractivity contribution < 1.29 is 14.5 Å². The molecule has 0 atom stereocenters. The zero-order chi connectivity index (χ0) is 21.8. The van der Waals surface area contributed by atoms with Gasteiger partial charge in [-0.15, -0.1) is 0 Å². The van der Waals surface area contributed by atoms with E-state index in [1.807, 2.05) is 24.3 Å². The van der Waals surface area contributed by atoms with Crippen LogP contribution in [0.15, 0.2) is 78.9 Å². The molecule has 0 radical (unpaired) electrons. The summed E-state index contributed by atoms with van der Waals surface area (Å²) < 4.78 is 0. The maximum Gasteiger partial charge on any atom is 0.270 e. The van der Waals surface area contributed by atoms with E-state index in [1.165, 1.54) is 24.3 Å². The fourth-order valence-electron chi connectivity index (χ4n) is 3.50. The van der Waals surface area contributed by atoms with Crippen molar-refractivity contribution in [2.45, 2.75) is 6.42 Å². The standard InChI is InChI=1S/C24H19N3O4/c28-23(13-8-17-4-3-6-21(16-17)27(30)31)25-20-11-9-19(10-12-20)24(29)26-15-14-18-5-1-2-7-22(18)26/h1-13,16H,14-15H2,(H,25,28)/b13-8+. The van der Waals surface area contributed by atoms with Gasteiger partial charge in [0.15, 0.2) is 0 Å². The zero-order valence-electron chi connectivity index (χ0n) is 16.5. The third kappa shape index (κ3) is 4.51. The molecule has 1 heterocycles. The highest BCUT2D eigenvalue weighted by atomic mass is 16.6. The molecule has 0 fully saturated rings. The minimum Gasteiger partial charge on any atom is -0.323 e. The van der Waals surface area contributed by atoms with Crippen LogP contribution in [0.5, 0.6) is 0 Å². The largest absolute Gasteiger partial charge is 0.323 e. The number of para-hydroxylation sites is 1. The lowest BCUT2D eigenvalue weighted by molar-refractivity contribution is -0.384. The molecule has 2 amide bonds. The third-order valence-corrected chi connectivity index (χ3v) is 5.04. The molecule has 0 bridgehead atoms. The third-order valence-electron chi connectivity index (χ3n) is 5.04. The summed E-state index contributed by atoms with van der Waals surface area (Å²) in [4.78, 5) is 37.1. The number of non-ortho nitro benzene ring substituents is 1. The molecule has 1 aliphatic heterocycles. The van der Waals surface area contributed by atoms with E-state index in [0.717, 1.165) is 17.7 Å². The second-order valence-electron chi connectivity index (χ2n) is 7.09. The van der Waals surface area contributed by atoms with Crippen LogP contribution in [0.1, 0.15) is 21.5 Å². The molecule has 3 aromatic carbocycles. The number of carbonyl (C=O) groups excluding carboxylic acids is 2. The fourth-order valence-corrected chi connectivity index (χ4v) is 3.50. The number of nitro benzene ring substituents is 1. The molecule has 1 aliphatic rings. The molecule has 0 saturated carbocycles. The van der Waals surface area contributed by atoms with Crippen LogP contribution in [0.3, 0.4) is 0 Å². The number of rotatable bonds is 5. The topological polar surface area (TPSA) is 92.5 Å². The molecule has 0 spiro atoms. The molecule has 4 rings (SSSR count). The van der Waals surface area contributed by atoms with Gasteiger partial charge >= 0.3 is 0 Å². The molecule has 0 aliphatic carbocycles. The van der Waals surface area contributed by atoms with Crippen molar-refractivity contribution in [2.24, 2.45) is 0 Å². The van der Waals surface area contributed by atoms with E-state index in [9.17, 15) is 19.7 Å². The number of nitrogens with one attached hydrogen (secondary N) is 1. The Balaban J connectivity index is 1.39. The normalized spacial score (nSPS) is 12.6. The number of hydrogen-bond donors (Lipinski definition) is 1. The van der Waals surface area contributed by atoms with Crippen LogP contribution in [-0.2, 0) is 11.2 Å². The van der Waals surface area contributed by atoms with Gasteiger partial charge in [0.1, 0.15) is 0 Å². The van der Waals surface area contributed by atoms with Gasteiger partial charge in [-0.2, -0.15) is 0 Å². The van der Waals surface area contributed by atoms with Gasteiger partial charge < -0.3 is 10.2 Å². The predicted octanol–water partition coefficient (Wildman–Crippen LogP) is 4.45. The first-order chi connectivity index (χ1) is 15.0. The smallest absolute Gasteiger partial charge is 0.270 e. The number of anilines is 2. The number of fused-ring (bicyclic) bond motifs is 1. The van der Waals surface area contributed by atoms with Crippen molar-refractivity contribution in [3.05, 3.63) is 106 Å². The first-order valence-corrected chi connectivity index (χ1v) is 9.74. The number of nitro groups is 1. The highest BCUT2D eigenvalue weighted by molar-refractivity contribution is 6.08. The van der Waals surface area contributed by atoms with Gasteiger partial charge in [-0.05, 0) is 54.0 Å². The van der Waals surface area contributed by atoms with Crippen LogP contribution in [0.25, 0.3) is 6.08 Å². The first-order valence-electron chi connectivity index (χ1n) is 9.74. The number of carbonyl (C=O) groups is 2. The van der Waals surface area contributed by atoms with E-state index >= 15 is 0 Å².